The van der Waals surface area contributed by atoms with Crippen molar-refractivity contribution in [2.45, 2.75) is 6.54 Å². The summed E-state index contributed by atoms with van der Waals surface area (Å²) in [4.78, 5) is 17.7. The summed E-state index contributed by atoms with van der Waals surface area (Å²) in [6.07, 6.45) is 1.72. The van der Waals surface area contributed by atoms with Gasteiger partial charge in [-0.25, -0.2) is 4.99 Å². The van der Waals surface area contributed by atoms with Crippen molar-refractivity contribution < 1.29 is 14.3 Å². The van der Waals surface area contributed by atoms with Crippen molar-refractivity contribution in [2.24, 2.45) is 4.99 Å². The first-order valence-electron chi connectivity index (χ1n) is 7.56. The molecule has 0 atom stereocenters. The van der Waals surface area contributed by atoms with E-state index in [2.05, 4.69) is 22.2 Å². The number of likely N-dealkylation sites (N-methyl/N-ethyl adjacent to an activating group) is 1. The Hall–Kier alpha value is -1.97. The summed E-state index contributed by atoms with van der Waals surface area (Å²) in [7, 11) is 6.61. The number of ether oxygens (including phenoxy) is 2. The number of guanidine groups is 1. The molecular weight excluding hydrogens is 435 g/mol. The van der Waals surface area contributed by atoms with E-state index in [1.807, 2.05) is 18.2 Å². The smallest absolute Gasteiger partial charge is 0.241 e. The van der Waals surface area contributed by atoms with Crippen LogP contribution in [0.1, 0.15) is 5.56 Å². The minimum absolute atomic E-state index is 0. The van der Waals surface area contributed by atoms with Crippen LogP contribution in [0.3, 0.4) is 0 Å². The van der Waals surface area contributed by atoms with Crippen LogP contribution in [0.2, 0.25) is 0 Å². The molecule has 0 heterocycles. The van der Waals surface area contributed by atoms with Gasteiger partial charge in [-0.2, -0.15) is 0 Å². The van der Waals surface area contributed by atoms with Crippen LogP contribution < -0.4 is 20.1 Å². The Bertz CT molecular complexity index is 591. The highest BCUT2D eigenvalue weighted by molar-refractivity contribution is 14.0. The Balaban J connectivity index is 0.00000576. The van der Waals surface area contributed by atoms with Crippen LogP contribution >= 0.6 is 24.0 Å². The number of halogens is 1. The molecule has 0 unspecified atom stereocenters. The number of nitrogens with zero attached hydrogens (tertiary/aromatic N) is 2. The maximum absolute atomic E-state index is 11.7. The van der Waals surface area contributed by atoms with E-state index in [1.54, 1.807) is 34.4 Å². The molecule has 1 rings (SSSR count). The third kappa shape index (κ3) is 8.10. The van der Waals surface area contributed by atoms with Crippen LogP contribution in [0.5, 0.6) is 11.5 Å². The summed E-state index contributed by atoms with van der Waals surface area (Å²) in [5.41, 5.74) is 0.964. The van der Waals surface area contributed by atoms with Crippen LogP contribution in [-0.4, -0.2) is 58.2 Å². The molecule has 0 radical (unpaired) electrons. The Morgan fingerprint density at radius 2 is 1.92 bits per heavy atom. The van der Waals surface area contributed by atoms with Gasteiger partial charge < -0.3 is 25.0 Å². The number of hydrogen-bond donors (Lipinski definition) is 2. The van der Waals surface area contributed by atoms with Gasteiger partial charge in [0.2, 0.25) is 5.91 Å². The molecule has 0 saturated heterocycles. The monoisotopic (exact) mass is 462 g/mol. The van der Waals surface area contributed by atoms with E-state index >= 15 is 0 Å². The Labute approximate surface area is 166 Å². The summed E-state index contributed by atoms with van der Waals surface area (Å²) < 4.78 is 10.5. The number of benzene rings is 1. The molecule has 0 fully saturated rings. The molecule has 0 aliphatic rings. The molecule has 0 aliphatic carbocycles. The highest BCUT2D eigenvalue weighted by Gasteiger charge is 2.07. The van der Waals surface area contributed by atoms with Gasteiger partial charge in [-0.1, -0.05) is 12.1 Å². The summed E-state index contributed by atoms with van der Waals surface area (Å²) in [6.45, 7) is 4.82. The summed E-state index contributed by atoms with van der Waals surface area (Å²) in [6, 6.07) is 5.63. The lowest BCUT2D eigenvalue weighted by Crippen LogP contribution is -2.43. The fourth-order valence-corrected chi connectivity index (χ4v) is 1.81. The van der Waals surface area contributed by atoms with E-state index in [9.17, 15) is 4.79 Å². The summed E-state index contributed by atoms with van der Waals surface area (Å²) in [5, 5.41) is 6.08. The normalized spacial score (nSPS) is 10.3. The second kappa shape index (κ2) is 12.4. The third-order valence-electron chi connectivity index (χ3n) is 3.19. The average molecular weight is 462 g/mol. The fraction of sp³-hybridized carbons (Fsp3) is 0.412. The number of methoxy groups -OCH3 is 2. The van der Waals surface area contributed by atoms with E-state index in [1.165, 1.54) is 4.90 Å². The highest BCUT2D eigenvalue weighted by Crippen LogP contribution is 2.27. The van der Waals surface area contributed by atoms with Crippen LogP contribution in [0, 0.1) is 0 Å². The molecule has 0 spiro atoms. The maximum atomic E-state index is 11.7. The lowest BCUT2D eigenvalue weighted by Gasteiger charge is -2.14. The summed E-state index contributed by atoms with van der Waals surface area (Å²) >= 11 is 0. The number of aliphatic imine (C=N–C) groups is 1. The third-order valence-corrected chi connectivity index (χ3v) is 3.19. The molecule has 0 saturated carbocycles. The van der Waals surface area contributed by atoms with E-state index < -0.39 is 0 Å². The van der Waals surface area contributed by atoms with Crippen molar-refractivity contribution >= 4 is 35.8 Å². The molecule has 8 heteroatoms. The number of carbonyl (C=O) groups is 1. The first-order valence-corrected chi connectivity index (χ1v) is 7.56. The van der Waals surface area contributed by atoms with E-state index in [-0.39, 0.29) is 36.4 Å². The van der Waals surface area contributed by atoms with Crippen molar-refractivity contribution in [1.82, 2.24) is 15.5 Å². The summed E-state index contributed by atoms with van der Waals surface area (Å²) in [5.74, 6) is 1.83. The zero-order chi connectivity index (χ0) is 17.9. The Morgan fingerprint density at radius 3 is 2.48 bits per heavy atom. The molecule has 1 aromatic rings. The first-order chi connectivity index (χ1) is 11.5. The quantitative estimate of drug-likeness (QED) is 0.266. The predicted molar refractivity (Wildman–Crippen MR) is 111 cm³/mol. The number of rotatable bonds is 8. The molecule has 0 aromatic heterocycles. The van der Waals surface area contributed by atoms with Crippen molar-refractivity contribution in [2.75, 3.05) is 41.4 Å². The van der Waals surface area contributed by atoms with Gasteiger partial charge in [-0.15, -0.1) is 30.6 Å². The standard InChI is InChI=1S/C17H26N4O3.HI/c1-6-9-18-17(20-12-16(22)21(2)3)19-11-13-7-8-14(23-4)15(10-13)24-5;/h6-8,10H,1,9,11-12H2,2-5H3,(H2,18,19,20);1H. The van der Waals surface area contributed by atoms with Crippen molar-refractivity contribution in [3.8, 4) is 11.5 Å². The SMILES string of the molecule is C=CCNC(=NCc1ccc(OC)c(OC)c1)NCC(=O)N(C)C.I. The van der Waals surface area contributed by atoms with Gasteiger partial charge in [0.25, 0.3) is 0 Å². The topological polar surface area (TPSA) is 75.2 Å². The van der Waals surface area contributed by atoms with Gasteiger partial charge in [-0.3, -0.25) is 4.79 Å². The number of amides is 1. The molecule has 7 nitrogen and oxygen atoms in total. The molecule has 140 valence electrons. The minimum atomic E-state index is -0.0331. The van der Waals surface area contributed by atoms with Crippen LogP contribution in [0.25, 0.3) is 0 Å². The van der Waals surface area contributed by atoms with Gasteiger partial charge in [-0.05, 0) is 17.7 Å². The molecular formula is C17H27IN4O3. The fourth-order valence-electron chi connectivity index (χ4n) is 1.81. The number of nitrogens with one attached hydrogen (secondary N) is 2. The largest absolute Gasteiger partial charge is 0.493 e. The van der Waals surface area contributed by atoms with Crippen LogP contribution in [0.15, 0.2) is 35.8 Å². The average Bonchev–Trinajstić information content (AvgIpc) is 2.60. The van der Waals surface area contributed by atoms with Crippen molar-refractivity contribution in [3.63, 3.8) is 0 Å². The van der Waals surface area contributed by atoms with Gasteiger partial charge in [0, 0.05) is 20.6 Å². The van der Waals surface area contributed by atoms with Gasteiger partial charge in [0.1, 0.15) is 0 Å². The molecule has 0 bridgehead atoms. The van der Waals surface area contributed by atoms with Crippen LogP contribution in [0.4, 0.5) is 0 Å². The highest BCUT2D eigenvalue weighted by atomic mass is 127. The zero-order valence-corrected chi connectivity index (χ0v) is 17.5. The first kappa shape index (κ1) is 23.0. The van der Waals surface area contributed by atoms with Gasteiger partial charge in [0.15, 0.2) is 17.5 Å². The molecule has 2 N–H and O–H groups in total. The lowest BCUT2D eigenvalue weighted by atomic mass is 10.2. The molecule has 1 amide bonds. The van der Waals surface area contributed by atoms with Gasteiger partial charge in [0.05, 0.1) is 27.3 Å². The van der Waals surface area contributed by atoms with Crippen molar-refractivity contribution in [1.29, 1.82) is 0 Å². The minimum Gasteiger partial charge on any atom is -0.493 e. The van der Waals surface area contributed by atoms with E-state index in [0.29, 0.717) is 30.5 Å². The number of carbonyl (C=O) groups excluding carboxylic acids is 1. The second-order valence-corrected chi connectivity index (χ2v) is 5.17. The molecule has 1 aromatic carbocycles. The van der Waals surface area contributed by atoms with Crippen molar-refractivity contribution in [3.05, 3.63) is 36.4 Å². The maximum Gasteiger partial charge on any atom is 0.241 e. The molecule has 25 heavy (non-hydrogen) atoms. The Kier molecular flexibility index (Phi) is 11.4. The zero-order valence-electron chi connectivity index (χ0n) is 15.2. The predicted octanol–water partition coefficient (Wildman–Crippen LogP) is 1.63. The molecule has 0 aliphatic heterocycles. The van der Waals surface area contributed by atoms with Gasteiger partial charge >= 0.3 is 0 Å². The Morgan fingerprint density at radius 1 is 1.24 bits per heavy atom. The van der Waals surface area contributed by atoms with E-state index in [4.69, 9.17) is 9.47 Å². The number of hydrogen-bond acceptors (Lipinski definition) is 4. The van der Waals surface area contributed by atoms with E-state index in [0.717, 1.165) is 5.56 Å². The van der Waals surface area contributed by atoms with Crippen LogP contribution in [-0.2, 0) is 11.3 Å². The lowest BCUT2D eigenvalue weighted by molar-refractivity contribution is -0.127. The second-order valence-electron chi connectivity index (χ2n) is 5.17.